The van der Waals surface area contributed by atoms with E-state index in [1.54, 1.807) is 0 Å². The highest BCUT2D eigenvalue weighted by Gasteiger charge is 2.33. The molecule has 0 aliphatic rings. The molecule has 0 saturated carbocycles. The number of nitrogens with two attached hydrogens (primary N) is 1. The third-order valence-electron chi connectivity index (χ3n) is 1.57. The van der Waals surface area contributed by atoms with Gasteiger partial charge in [-0.1, -0.05) is 13.3 Å². The van der Waals surface area contributed by atoms with Gasteiger partial charge in [0.1, 0.15) is 5.54 Å². The van der Waals surface area contributed by atoms with Gasteiger partial charge in [-0.15, -0.1) is 0 Å². The van der Waals surface area contributed by atoms with E-state index in [4.69, 9.17) is 10.8 Å². The van der Waals surface area contributed by atoms with E-state index in [1.165, 1.54) is 7.11 Å². The number of aliphatic hydroxyl groups excluding tert-OH is 1. The standard InChI is InChI=1S/C7H15NO3/c1-3-4-7(8,5-9)6(10)11-2/h9H,3-5,8H2,1-2H3. The van der Waals surface area contributed by atoms with E-state index in [0.717, 1.165) is 6.42 Å². The topological polar surface area (TPSA) is 72.5 Å². The van der Waals surface area contributed by atoms with Crippen molar-refractivity contribution in [2.75, 3.05) is 13.7 Å². The summed E-state index contributed by atoms with van der Waals surface area (Å²) in [5.74, 6) is -0.554. The smallest absolute Gasteiger partial charge is 0.328 e. The molecule has 4 nitrogen and oxygen atoms in total. The van der Waals surface area contributed by atoms with Crippen LogP contribution in [0, 0.1) is 0 Å². The molecule has 66 valence electrons. The molecule has 0 spiro atoms. The quantitative estimate of drug-likeness (QED) is 0.553. The SMILES string of the molecule is CCCC(N)(CO)C(=O)OC. The predicted molar refractivity (Wildman–Crippen MR) is 40.9 cm³/mol. The maximum atomic E-state index is 10.9. The van der Waals surface area contributed by atoms with E-state index in [1.807, 2.05) is 6.92 Å². The molecule has 4 heteroatoms. The predicted octanol–water partition coefficient (Wildman–Crippen LogP) is -0.351. The van der Waals surface area contributed by atoms with Crippen molar-refractivity contribution >= 4 is 5.97 Å². The summed E-state index contributed by atoms with van der Waals surface area (Å²) in [7, 11) is 1.26. The van der Waals surface area contributed by atoms with Crippen LogP contribution in [0.15, 0.2) is 0 Å². The molecule has 0 aromatic carbocycles. The number of ether oxygens (including phenoxy) is 1. The fraction of sp³-hybridized carbons (Fsp3) is 0.857. The molecule has 0 amide bonds. The molecule has 0 fully saturated rings. The van der Waals surface area contributed by atoms with Crippen molar-refractivity contribution < 1.29 is 14.6 Å². The molecular weight excluding hydrogens is 146 g/mol. The van der Waals surface area contributed by atoms with Crippen LogP contribution in [-0.2, 0) is 9.53 Å². The first-order valence-electron chi connectivity index (χ1n) is 3.59. The molecule has 3 N–H and O–H groups in total. The van der Waals surface area contributed by atoms with Crippen molar-refractivity contribution in [1.82, 2.24) is 0 Å². The van der Waals surface area contributed by atoms with Crippen molar-refractivity contribution in [1.29, 1.82) is 0 Å². The van der Waals surface area contributed by atoms with Gasteiger partial charge in [-0.25, -0.2) is 4.79 Å². The van der Waals surface area contributed by atoms with Gasteiger partial charge >= 0.3 is 5.97 Å². The summed E-state index contributed by atoms with van der Waals surface area (Å²) in [6.45, 7) is 1.52. The summed E-state index contributed by atoms with van der Waals surface area (Å²) in [5.41, 5.74) is 4.33. The summed E-state index contributed by atoms with van der Waals surface area (Å²) < 4.78 is 4.43. The summed E-state index contributed by atoms with van der Waals surface area (Å²) in [6, 6.07) is 0. The fourth-order valence-corrected chi connectivity index (χ4v) is 0.895. The van der Waals surface area contributed by atoms with E-state index < -0.39 is 11.5 Å². The average Bonchev–Trinajstić information content (AvgIpc) is 2.03. The normalized spacial score (nSPS) is 15.6. The Morgan fingerprint density at radius 1 is 1.73 bits per heavy atom. The van der Waals surface area contributed by atoms with E-state index in [9.17, 15) is 4.79 Å². The Morgan fingerprint density at radius 2 is 2.27 bits per heavy atom. The average molecular weight is 161 g/mol. The van der Waals surface area contributed by atoms with Crippen LogP contribution < -0.4 is 5.73 Å². The van der Waals surface area contributed by atoms with Crippen molar-refractivity contribution in [3.8, 4) is 0 Å². The Morgan fingerprint density at radius 3 is 2.55 bits per heavy atom. The summed E-state index contributed by atoms with van der Waals surface area (Å²) >= 11 is 0. The van der Waals surface area contributed by atoms with Crippen molar-refractivity contribution in [2.45, 2.75) is 25.3 Å². The molecule has 0 aromatic heterocycles. The second-order valence-electron chi connectivity index (χ2n) is 2.56. The first-order chi connectivity index (χ1) is 5.10. The third kappa shape index (κ3) is 2.48. The summed E-state index contributed by atoms with van der Waals surface area (Å²) in [6.07, 6.45) is 1.18. The highest BCUT2D eigenvalue weighted by molar-refractivity contribution is 5.80. The molecule has 0 bridgehead atoms. The number of aliphatic hydroxyl groups is 1. The molecule has 1 unspecified atom stereocenters. The number of carbonyl (C=O) groups is 1. The van der Waals surface area contributed by atoms with Gasteiger partial charge in [0.05, 0.1) is 13.7 Å². The molecule has 0 aliphatic heterocycles. The van der Waals surface area contributed by atoms with Gasteiger partial charge in [0, 0.05) is 0 Å². The van der Waals surface area contributed by atoms with Crippen LogP contribution in [0.2, 0.25) is 0 Å². The van der Waals surface area contributed by atoms with Crippen LogP contribution in [0.1, 0.15) is 19.8 Å². The Labute approximate surface area is 66.3 Å². The minimum absolute atomic E-state index is 0.368. The zero-order chi connectivity index (χ0) is 8.91. The highest BCUT2D eigenvalue weighted by atomic mass is 16.5. The molecule has 0 radical (unpaired) electrons. The van der Waals surface area contributed by atoms with E-state index in [0.29, 0.717) is 6.42 Å². The van der Waals surface area contributed by atoms with Gasteiger partial charge in [-0.05, 0) is 6.42 Å². The molecule has 0 heterocycles. The van der Waals surface area contributed by atoms with Gasteiger partial charge in [-0.2, -0.15) is 0 Å². The summed E-state index contributed by atoms with van der Waals surface area (Å²) in [5, 5.41) is 8.79. The lowest BCUT2D eigenvalue weighted by Gasteiger charge is -2.22. The van der Waals surface area contributed by atoms with E-state index in [2.05, 4.69) is 4.74 Å². The minimum atomic E-state index is -1.20. The van der Waals surface area contributed by atoms with Gasteiger partial charge in [0.2, 0.25) is 0 Å². The zero-order valence-electron chi connectivity index (χ0n) is 6.96. The Balaban J connectivity index is 4.19. The lowest BCUT2D eigenvalue weighted by molar-refractivity contribution is -0.149. The third-order valence-corrected chi connectivity index (χ3v) is 1.57. The van der Waals surface area contributed by atoms with Gasteiger partial charge in [0.15, 0.2) is 0 Å². The number of methoxy groups -OCH3 is 1. The lowest BCUT2D eigenvalue weighted by Crippen LogP contribution is -2.51. The number of carbonyl (C=O) groups excluding carboxylic acids is 1. The molecule has 1 atom stereocenters. The molecule has 0 saturated heterocycles. The second kappa shape index (κ2) is 4.31. The van der Waals surface area contributed by atoms with Crippen LogP contribution >= 0.6 is 0 Å². The van der Waals surface area contributed by atoms with Crippen LogP contribution in [-0.4, -0.2) is 30.3 Å². The molecule has 11 heavy (non-hydrogen) atoms. The Kier molecular flexibility index (Phi) is 4.07. The van der Waals surface area contributed by atoms with Crippen LogP contribution in [0.25, 0.3) is 0 Å². The van der Waals surface area contributed by atoms with Gasteiger partial charge in [0.25, 0.3) is 0 Å². The minimum Gasteiger partial charge on any atom is -0.468 e. The van der Waals surface area contributed by atoms with E-state index >= 15 is 0 Å². The maximum absolute atomic E-state index is 10.9. The summed E-state index contributed by atoms with van der Waals surface area (Å²) in [4.78, 5) is 10.9. The van der Waals surface area contributed by atoms with Gasteiger partial charge in [-0.3, -0.25) is 0 Å². The fourth-order valence-electron chi connectivity index (χ4n) is 0.895. The Hall–Kier alpha value is -0.610. The molecule has 0 rings (SSSR count). The van der Waals surface area contributed by atoms with Crippen molar-refractivity contribution in [3.05, 3.63) is 0 Å². The van der Waals surface area contributed by atoms with E-state index in [-0.39, 0.29) is 6.61 Å². The zero-order valence-corrected chi connectivity index (χ0v) is 6.96. The lowest BCUT2D eigenvalue weighted by atomic mass is 9.96. The van der Waals surface area contributed by atoms with Crippen LogP contribution in [0.4, 0.5) is 0 Å². The molecule has 0 aromatic rings. The number of hydrogen-bond acceptors (Lipinski definition) is 4. The first-order valence-corrected chi connectivity index (χ1v) is 3.59. The maximum Gasteiger partial charge on any atom is 0.328 e. The number of esters is 1. The molecular formula is C7H15NO3. The highest BCUT2D eigenvalue weighted by Crippen LogP contribution is 2.10. The van der Waals surface area contributed by atoms with Crippen LogP contribution in [0.5, 0.6) is 0 Å². The second-order valence-corrected chi connectivity index (χ2v) is 2.56. The largest absolute Gasteiger partial charge is 0.468 e. The monoisotopic (exact) mass is 161 g/mol. The van der Waals surface area contributed by atoms with Crippen LogP contribution in [0.3, 0.4) is 0 Å². The van der Waals surface area contributed by atoms with Gasteiger partial charge < -0.3 is 15.6 Å². The molecule has 0 aliphatic carbocycles. The Bertz CT molecular complexity index is 138. The number of hydrogen-bond donors (Lipinski definition) is 2. The van der Waals surface area contributed by atoms with Crippen molar-refractivity contribution in [2.24, 2.45) is 5.73 Å². The number of rotatable bonds is 4. The van der Waals surface area contributed by atoms with Crippen molar-refractivity contribution in [3.63, 3.8) is 0 Å². The first kappa shape index (κ1) is 10.4.